The van der Waals surface area contributed by atoms with Gasteiger partial charge in [0, 0.05) is 22.3 Å². The molecule has 4 heteroatoms. The summed E-state index contributed by atoms with van der Waals surface area (Å²) in [5, 5.41) is 3.01. The maximum absolute atomic E-state index is 12.0. The molecule has 0 aromatic heterocycles. The van der Waals surface area contributed by atoms with Gasteiger partial charge >= 0.3 is 0 Å². The Hall–Kier alpha value is -1.03. The lowest BCUT2D eigenvalue weighted by Gasteiger charge is -2.11. The Balaban J connectivity index is 1.89. The molecular weight excluding hydrogens is 292 g/mol. The van der Waals surface area contributed by atoms with Crippen molar-refractivity contribution in [3.05, 3.63) is 28.2 Å². The smallest absolute Gasteiger partial charge is 0.251 e. The lowest BCUT2D eigenvalue weighted by atomic mass is 10.1. The van der Waals surface area contributed by atoms with Gasteiger partial charge in [-0.25, -0.2) is 0 Å². The highest BCUT2D eigenvalue weighted by Crippen LogP contribution is 2.29. The summed E-state index contributed by atoms with van der Waals surface area (Å²) in [6, 6.07) is 5.27. The largest absolute Gasteiger partial charge is 0.398 e. The van der Waals surface area contributed by atoms with Gasteiger partial charge in [0.15, 0.2) is 0 Å². The number of hydrogen-bond donors (Lipinski definition) is 2. The summed E-state index contributed by atoms with van der Waals surface area (Å²) in [5.74, 6) is 1.42. The third-order valence-corrected chi connectivity index (χ3v) is 4.30. The molecule has 0 saturated heterocycles. The normalized spacial score (nSPS) is 23.0. The van der Waals surface area contributed by atoms with E-state index in [0.29, 0.717) is 17.2 Å². The predicted octanol–water partition coefficient (Wildman–Crippen LogP) is 3.20. The van der Waals surface area contributed by atoms with E-state index in [1.54, 1.807) is 18.2 Å². The van der Waals surface area contributed by atoms with Gasteiger partial charge in [-0.1, -0.05) is 13.3 Å². The maximum atomic E-state index is 12.0. The summed E-state index contributed by atoms with van der Waals surface area (Å²) in [7, 11) is 0. The summed E-state index contributed by atoms with van der Waals surface area (Å²) in [6.07, 6.45) is 3.74. The Kier molecular flexibility index (Phi) is 4.27. The number of halogens is 1. The molecule has 98 valence electrons. The van der Waals surface area contributed by atoms with E-state index in [9.17, 15) is 4.79 Å². The summed E-state index contributed by atoms with van der Waals surface area (Å²) in [5.41, 5.74) is 7.00. The molecule has 2 atom stereocenters. The number of nitrogen functional groups attached to an aromatic ring is 1. The standard InChI is InChI=1S/C14H19BrN2O/c1-9-2-3-10(6-9)8-17-14(18)11-4-5-13(16)12(15)7-11/h4-5,7,9-10H,2-3,6,8,16H2,1H3,(H,17,18). The molecule has 1 saturated carbocycles. The number of nitrogens with two attached hydrogens (primary N) is 1. The average Bonchev–Trinajstić information content (AvgIpc) is 2.75. The monoisotopic (exact) mass is 310 g/mol. The Morgan fingerprint density at radius 1 is 1.50 bits per heavy atom. The van der Waals surface area contributed by atoms with Crippen molar-refractivity contribution in [2.75, 3.05) is 12.3 Å². The summed E-state index contributed by atoms with van der Waals surface area (Å²) in [4.78, 5) is 12.0. The highest BCUT2D eigenvalue weighted by atomic mass is 79.9. The van der Waals surface area contributed by atoms with E-state index < -0.39 is 0 Å². The summed E-state index contributed by atoms with van der Waals surface area (Å²) in [6.45, 7) is 3.06. The Labute approximate surface area is 116 Å². The molecular formula is C14H19BrN2O. The highest BCUT2D eigenvalue weighted by Gasteiger charge is 2.21. The molecule has 0 spiro atoms. The first-order valence-electron chi connectivity index (χ1n) is 6.39. The zero-order valence-electron chi connectivity index (χ0n) is 10.6. The molecule has 0 aliphatic heterocycles. The topological polar surface area (TPSA) is 55.1 Å². The van der Waals surface area contributed by atoms with E-state index in [-0.39, 0.29) is 5.91 Å². The molecule has 18 heavy (non-hydrogen) atoms. The van der Waals surface area contributed by atoms with Gasteiger partial charge in [0.25, 0.3) is 5.91 Å². The van der Waals surface area contributed by atoms with Crippen LogP contribution < -0.4 is 11.1 Å². The van der Waals surface area contributed by atoms with Crippen LogP contribution in [0.25, 0.3) is 0 Å². The third-order valence-electron chi connectivity index (χ3n) is 3.62. The van der Waals surface area contributed by atoms with Gasteiger partial charge in [-0.05, 0) is 58.8 Å². The minimum Gasteiger partial charge on any atom is -0.398 e. The molecule has 2 unspecified atom stereocenters. The van der Waals surface area contributed by atoms with E-state index in [2.05, 4.69) is 28.2 Å². The van der Waals surface area contributed by atoms with Crippen LogP contribution in [-0.4, -0.2) is 12.5 Å². The van der Waals surface area contributed by atoms with Crippen LogP contribution in [0.4, 0.5) is 5.69 Å². The second-order valence-electron chi connectivity index (χ2n) is 5.23. The Morgan fingerprint density at radius 2 is 2.28 bits per heavy atom. The Bertz CT molecular complexity index is 447. The van der Waals surface area contributed by atoms with Crippen molar-refractivity contribution in [1.29, 1.82) is 0 Å². The van der Waals surface area contributed by atoms with Crippen molar-refractivity contribution in [3.8, 4) is 0 Å². The van der Waals surface area contributed by atoms with Crippen LogP contribution in [0.5, 0.6) is 0 Å². The fourth-order valence-corrected chi connectivity index (χ4v) is 2.90. The first-order valence-corrected chi connectivity index (χ1v) is 7.18. The highest BCUT2D eigenvalue weighted by molar-refractivity contribution is 9.10. The van der Waals surface area contributed by atoms with E-state index in [0.717, 1.165) is 16.9 Å². The number of carbonyl (C=O) groups excluding carboxylic acids is 1. The number of carbonyl (C=O) groups is 1. The predicted molar refractivity (Wildman–Crippen MR) is 77.4 cm³/mol. The van der Waals surface area contributed by atoms with Crippen LogP contribution in [0.15, 0.2) is 22.7 Å². The van der Waals surface area contributed by atoms with E-state index >= 15 is 0 Å². The number of nitrogens with one attached hydrogen (secondary N) is 1. The Morgan fingerprint density at radius 3 is 2.89 bits per heavy atom. The van der Waals surface area contributed by atoms with Crippen molar-refractivity contribution in [1.82, 2.24) is 5.32 Å². The molecule has 1 fully saturated rings. The van der Waals surface area contributed by atoms with Gasteiger partial charge in [0.05, 0.1) is 0 Å². The zero-order valence-corrected chi connectivity index (χ0v) is 12.2. The van der Waals surface area contributed by atoms with Crippen LogP contribution >= 0.6 is 15.9 Å². The van der Waals surface area contributed by atoms with Crippen molar-refractivity contribution < 1.29 is 4.79 Å². The molecule has 1 amide bonds. The quantitative estimate of drug-likeness (QED) is 0.842. The van der Waals surface area contributed by atoms with Crippen LogP contribution in [-0.2, 0) is 0 Å². The van der Waals surface area contributed by atoms with Crippen molar-refractivity contribution in [3.63, 3.8) is 0 Å². The van der Waals surface area contributed by atoms with Gasteiger partial charge in [-0.15, -0.1) is 0 Å². The van der Waals surface area contributed by atoms with E-state index in [1.165, 1.54) is 19.3 Å². The van der Waals surface area contributed by atoms with Gasteiger partial charge in [-0.2, -0.15) is 0 Å². The van der Waals surface area contributed by atoms with Crippen molar-refractivity contribution in [2.45, 2.75) is 26.2 Å². The number of anilines is 1. The van der Waals surface area contributed by atoms with Crippen LogP contribution in [0.3, 0.4) is 0 Å². The van der Waals surface area contributed by atoms with Gasteiger partial charge in [-0.3, -0.25) is 4.79 Å². The van der Waals surface area contributed by atoms with Crippen molar-refractivity contribution in [2.24, 2.45) is 11.8 Å². The fraction of sp³-hybridized carbons (Fsp3) is 0.500. The number of hydrogen-bond acceptors (Lipinski definition) is 2. The molecule has 0 bridgehead atoms. The second-order valence-corrected chi connectivity index (χ2v) is 6.08. The third kappa shape index (κ3) is 3.25. The van der Waals surface area contributed by atoms with Crippen LogP contribution in [0.2, 0.25) is 0 Å². The first kappa shape index (κ1) is 13.4. The molecule has 1 aliphatic carbocycles. The minimum absolute atomic E-state index is 0.0183. The van der Waals surface area contributed by atoms with Crippen LogP contribution in [0, 0.1) is 11.8 Å². The molecule has 3 nitrogen and oxygen atoms in total. The molecule has 1 aromatic rings. The number of rotatable bonds is 3. The number of amides is 1. The number of benzene rings is 1. The van der Waals surface area contributed by atoms with Gasteiger partial charge in [0.2, 0.25) is 0 Å². The van der Waals surface area contributed by atoms with Crippen molar-refractivity contribution >= 4 is 27.5 Å². The molecule has 1 aromatic carbocycles. The summed E-state index contributed by atoms with van der Waals surface area (Å²) >= 11 is 3.33. The lowest BCUT2D eigenvalue weighted by Crippen LogP contribution is -2.28. The lowest BCUT2D eigenvalue weighted by molar-refractivity contribution is 0.0947. The van der Waals surface area contributed by atoms with E-state index in [1.807, 2.05) is 0 Å². The minimum atomic E-state index is -0.0183. The second kappa shape index (κ2) is 5.74. The first-order chi connectivity index (χ1) is 8.56. The fourth-order valence-electron chi connectivity index (χ4n) is 2.52. The SMILES string of the molecule is CC1CCC(CNC(=O)c2ccc(N)c(Br)c2)C1. The summed E-state index contributed by atoms with van der Waals surface area (Å²) < 4.78 is 0.768. The van der Waals surface area contributed by atoms with Gasteiger partial charge in [0.1, 0.15) is 0 Å². The molecule has 0 heterocycles. The molecule has 0 radical (unpaired) electrons. The zero-order chi connectivity index (χ0) is 13.1. The molecule has 1 aliphatic rings. The molecule has 3 N–H and O–H groups in total. The maximum Gasteiger partial charge on any atom is 0.251 e. The van der Waals surface area contributed by atoms with E-state index in [4.69, 9.17) is 5.73 Å². The van der Waals surface area contributed by atoms with Gasteiger partial charge < -0.3 is 11.1 Å². The molecule has 2 rings (SSSR count). The average molecular weight is 311 g/mol. The van der Waals surface area contributed by atoms with Crippen LogP contribution in [0.1, 0.15) is 36.5 Å².